The first-order chi connectivity index (χ1) is 9.97. The van der Waals surface area contributed by atoms with E-state index in [0.29, 0.717) is 16.4 Å². The number of aromatic nitrogens is 2. The first kappa shape index (κ1) is 15.1. The number of carbonyl (C=O) groups is 2. The van der Waals surface area contributed by atoms with E-state index in [2.05, 4.69) is 5.10 Å². The second kappa shape index (κ2) is 6.02. The second-order valence-electron chi connectivity index (χ2n) is 4.68. The predicted octanol–water partition coefficient (Wildman–Crippen LogP) is -0.938. The van der Waals surface area contributed by atoms with Gasteiger partial charge in [-0.1, -0.05) is 5.17 Å². The summed E-state index contributed by atoms with van der Waals surface area (Å²) in [5, 5.41) is 13.4. The van der Waals surface area contributed by atoms with Gasteiger partial charge in [0.05, 0.1) is 19.3 Å². The van der Waals surface area contributed by atoms with Gasteiger partial charge >= 0.3 is 11.5 Å². The van der Waals surface area contributed by atoms with Gasteiger partial charge in [0.2, 0.25) is 0 Å². The van der Waals surface area contributed by atoms with E-state index < -0.39 is 29.0 Å². The molecule has 2 heterocycles. The van der Waals surface area contributed by atoms with Crippen LogP contribution in [0.1, 0.15) is 23.2 Å². The SMILES string of the molecule is CON(C(=O)[C@@H]1CCCN1C)n1nccc(C(=O)O)c1=O. The molecule has 1 aromatic rings. The van der Waals surface area contributed by atoms with Crippen LogP contribution in [-0.4, -0.2) is 58.5 Å². The zero-order valence-electron chi connectivity index (χ0n) is 11.7. The number of amides is 1. The molecule has 0 aliphatic carbocycles. The van der Waals surface area contributed by atoms with Crippen LogP contribution in [0, 0.1) is 0 Å². The van der Waals surface area contributed by atoms with Gasteiger partial charge < -0.3 is 5.11 Å². The molecule has 0 saturated carbocycles. The molecule has 1 aliphatic rings. The highest BCUT2D eigenvalue weighted by atomic mass is 16.7. The molecule has 1 atom stereocenters. The maximum Gasteiger partial charge on any atom is 0.341 e. The zero-order valence-corrected chi connectivity index (χ0v) is 11.7. The Hall–Kier alpha value is -2.26. The molecule has 0 spiro atoms. The van der Waals surface area contributed by atoms with E-state index in [1.54, 1.807) is 7.05 Å². The highest BCUT2D eigenvalue weighted by molar-refractivity contribution is 5.90. The van der Waals surface area contributed by atoms with Crippen LogP contribution in [0.25, 0.3) is 0 Å². The molecule has 1 N–H and O–H groups in total. The number of aromatic carboxylic acids is 1. The molecular formula is C12H16N4O5. The molecule has 0 bridgehead atoms. The molecule has 1 aliphatic heterocycles. The molecule has 0 aromatic carbocycles. The normalized spacial score (nSPS) is 18.7. The average molecular weight is 296 g/mol. The first-order valence-electron chi connectivity index (χ1n) is 6.37. The van der Waals surface area contributed by atoms with Gasteiger partial charge in [0.15, 0.2) is 0 Å². The van der Waals surface area contributed by atoms with Crippen molar-refractivity contribution in [2.45, 2.75) is 18.9 Å². The van der Waals surface area contributed by atoms with Gasteiger partial charge in [-0.3, -0.25) is 19.3 Å². The number of carboxylic acids is 1. The third-order valence-corrected chi connectivity index (χ3v) is 3.40. The summed E-state index contributed by atoms with van der Waals surface area (Å²) in [6.45, 7) is 0.769. The van der Waals surface area contributed by atoms with E-state index in [9.17, 15) is 14.4 Å². The van der Waals surface area contributed by atoms with Gasteiger partial charge in [-0.15, -0.1) is 4.79 Å². The van der Waals surface area contributed by atoms with Crippen LogP contribution in [-0.2, 0) is 9.63 Å². The fourth-order valence-corrected chi connectivity index (χ4v) is 2.31. The molecule has 1 saturated heterocycles. The quantitative estimate of drug-likeness (QED) is 0.715. The number of likely N-dealkylation sites (tertiary alicyclic amines) is 1. The molecule has 1 aromatic heterocycles. The summed E-state index contributed by atoms with van der Waals surface area (Å²) in [7, 11) is 3.02. The Kier molecular flexibility index (Phi) is 4.34. The van der Waals surface area contributed by atoms with Gasteiger partial charge in [-0.2, -0.15) is 5.10 Å². The minimum atomic E-state index is -1.39. The van der Waals surface area contributed by atoms with Crippen LogP contribution >= 0.6 is 0 Å². The van der Waals surface area contributed by atoms with Crippen LogP contribution in [0.5, 0.6) is 0 Å². The Balaban J connectivity index is 2.38. The fourth-order valence-electron chi connectivity index (χ4n) is 2.31. The highest BCUT2D eigenvalue weighted by Crippen LogP contribution is 2.16. The van der Waals surface area contributed by atoms with Crippen molar-refractivity contribution in [2.24, 2.45) is 0 Å². The lowest BCUT2D eigenvalue weighted by atomic mass is 10.2. The van der Waals surface area contributed by atoms with Crippen molar-refractivity contribution in [1.82, 2.24) is 14.8 Å². The van der Waals surface area contributed by atoms with Gasteiger partial charge in [0.25, 0.3) is 5.91 Å². The molecular weight excluding hydrogens is 280 g/mol. The van der Waals surface area contributed by atoms with Gasteiger partial charge in [-0.05, 0) is 32.5 Å². The molecule has 114 valence electrons. The molecule has 0 radical (unpaired) electrons. The average Bonchev–Trinajstić information content (AvgIpc) is 2.87. The Bertz CT molecular complexity index is 614. The van der Waals surface area contributed by atoms with Crippen LogP contribution in [0.15, 0.2) is 17.1 Å². The number of likely N-dealkylation sites (N-methyl/N-ethyl adjacent to an activating group) is 1. The Morgan fingerprint density at radius 1 is 1.52 bits per heavy atom. The van der Waals surface area contributed by atoms with Crippen molar-refractivity contribution >= 4 is 11.9 Å². The summed E-state index contributed by atoms with van der Waals surface area (Å²) in [4.78, 5) is 42.9. The largest absolute Gasteiger partial charge is 0.477 e. The molecule has 0 unspecified atom stereocenters. The molecule has 2 rings (SSSR count). The van der Waals surface area contributed by atoms with Crippen molar-refractivity contribution in [3.8, 4) is 0 Å². The van der Waals surface area contributed by atoms with Gasteiger partial charge in [0, 0.05) is 0 Å². The number of carbonyl (C=O) groups excluding carboxylic acids is 1. The van der Waals surface area contributed by atoms with Crippen molar-refractivity contribution in [2.75, 3.05) is 25.9 Å². The molecule has 1 amide bonds. The molecule has 1 fully saturated rings. The Labute approximate surface area is 120 Å². The first-order valence-corrected chi connectivity index (χ1v) is 6.37. The van der Waals surface area contributed by atoms with E-state index in [1.807, 2.05) is 4.90 Å². The van der Waals surface area contributed by atoms with E-state index in [4.69, 9.17) is 9.94 Å². The van der Waals surface area contributed by atoms with Crippen LogP contribution in [0.2, 0.25) is 0 Å². The van der Waals surface area contributed by atoms with Crippen molar-refractivity contribution < 1.29 is 19.5 Å². The van der Waals surface area contributed by atoms with E-state index in [-0.39, 0.29) is 0 Å². The highest BCUT2D eigenvalue weighted by Gasteiger charge is 2.34. The lowest BCUT2D eigenvalue weighted by molar-refractivity contribution is -0.133. The molecule has 9 nitrogen and oxygen atoms in total. The number of nitrogens with zero attached hydrogens (tertiary/aromatic N) is 4. The topological polar surface area (TPSA) is 105 Å². The number of rotatable bonds is 4. The number of carboxylic acid groups (broad SMARTS) is 1. The maximum atomic E-state index is 12.4. The summed E-state index contributed by atoms with van der Waals surface area (Å²) < 4.78 is 0. The predicted molar refractivity (Wildman–Crippen MR) is 71.3 cm³/mol. The molecule has 21 heavy (non-hydrogen) atoms. The van der Waals surface area contributed by atoms with Crippen LogP contribution in [0.3, 0.4) is 0 Å². The lowest BCUT2D eigenvalue weighted by Gasteiger charge is -2.25. The number of hydrogen-bond acceptors (Lipinski definition) is 6. The lowest BCUT2D eigenvalue weighted by Crippen LogP contribution is -2.54. The minimum Gasteiger partial charge on any atom is -0.477 e. The smallest absolute Gasteiger partial charge is 0.341 e. The van der Waals surface area contributed by atoms with Crippen molar-refractivity contribution in [3.63, 3.8) is 0 Å². The number of hydroxylamine groups is 1. The van der Waals surface area contributed by atoms with Crippen molar-refractivity contribution in [1.29, 1.82) is 0 Å². The maximum absolute atomic E-state index is 12.4. The second-order valence-corrected chi connectivity index (χ2v) is 4.68. The van der Waals surface area contributed by atoms with Crippen LogP contribution in [0.4, 0.5) is 0 Å². The Morgan fingerprint density at radius 2 is 2.24 bits per heavy atom. The summed E-state index contributed by atoms with van der Waals surface area (Å²) in [5.74, 6) is -1.85. The number of hydrogen-bond donors (Lipinski definition) is 1. The van der Waals surface area contributed by atoms with Crippen LogP contribution < -0.4 is 10.7 Å². The zero-order chi connectivity index (χ0) is 15.6. The molecule has 9 heteroatoms. The van der Waals surface area contributed by atoms with E-state index >= 15 is 0 Å². The summed E-state index contributed by atoms with van der Waals surface area (Å²) in [5.41, 5.74) is -1.42. The van der Waals surface area contributed by atoms with Crippen molar-refractivity contribution in [3.05, 3.63) is 28.2 Å². The fraction of sp³-hybridized carbons (Fsp3) is 0.500. The standard InChI is InChI=1S/C12H16N4O5/c1-14-7-3-4-9(14)11(18)16(21-2)15-10(17)8(12(19)20)5-6-13-15/h5-6,9H,3-4,7H2,1-2H3,(H,19,20)/t9-/m0/s1. The van der Waals surface area contributed by atoms with E-state index in [0.717, 1.165) is 25.2 Å². The third kappa shape index (κ3) is 2.78. The summed E-state index contributed by atoms with van der Waals surface area (Å²) >= 11 is 0. The third-order valence-electron chi connectivity index (χ3n) is 3.40. The Morgan fingerprint density at radius 3 is 2.76 bits per heavy atom. The summed E-state index contributed by atoms with van der Waals surface area (Å²) in [6, 6.07) is 0.647. The monoisotopic (exact) mass is 296 g/mol. The minimum absolute atomic E-state index is 0.424. The van der Waals surface area contributed by atoms with Gasteiger partial charge in [0.1, 0.15) is 5.56 Å². The van der Waals surface area contributed by atoms with Gasteiger partial charge in [-0.25, -0.2) is 4.79 Å². The van der Waals surface area contributed by atoms with E-state index in [1.165, 1.54) is 7.11 Å². The summed E-state index contributed by atoms with van der Waals surface area (Å²) in [6.07, 6.45) is 2.63.